The minimum Gasteiger partial charge on any atom is -0.497 e. The van der Waals surface area contributed by atoms with Crippen LogP contribution in [0.1, 0.15) is 5.56 Å². The van der Waals surface area contributed by atoms with Crippen molar-refractivity contribution in [2.75, 3.05) is 7.11 Å². The molecule has 2 N–H and O–H groups in total. The lowest BCUT2D eigenvalue weighted by molar-refractivity contribution is 0.412. The third kappa shape index (κ3) is 3.39. The predicted octanol–water partition coefficient (Wildman–Crippen LogP) is 2.13. The summed E-state index contributed by atoms with van der Waals surface area (Å²) in [5.41, 5.74) is -1.13. The molecule has 26 heavy (non-hydrogen) atoms. The fourth-order valence-electron chi connectivity index (χ4n) is 2.31. The Morgan fingerprint density at radius 2 is 1.92 bits per heavy atom. The van der Waals surface area contributed by atoms with Crippen molar-refractivity contribution >= 4 is 11.9 Å². The minimum absolute atomic E-state index is 0.211. The molecule has 0 fully saturated rings. The number of methoxy groups -OCH3 is 1. The number of aliphatic imine (C=N–C) groups is 1. The standard InChI is InChI=1S/C18H14FN3O4/c1-26-14-4-2-3-13(9-14)22-17(24)15(16(23)21-18(22)25)10-20-12-7-5-11(19)6-8-12/h2-10,24H,1H3,(H,21,23,25). The molecule has 2 aromatic carbocycles. The molecule has 132 valence electrons. The number of H-pyrrole nitrogens is 1. The summed E-state index contributed by atoms with van der Waals surface area (Å²) in [4.78, 5) is 30.3. The first-order valence-corrected chi connectivity index (χ1v) is 7.52. The number of hydrogen-bond acceptors (Lipinski definition) is 5. The largest absolute Gasteiger partial charge is 0.497 e. The molecule has 1 heterocycles. The number of hydrogen-bond donors (Lipinski definition) is 2. The summed E-state index contributed by atoms with van der Waals surface area (Å²) in [7, 11) is 1.47. The van der Waals surface area contributed by atoms with E-state index in [1.165, 1.54) is 37.4 Å². The molecule has 7 nitrogen and oxygen atoms in total. The smallest absolute Gasteiger partial charge is 0.335 e. The molecule has 3 aromatic rings. The summed E-state index contributed by atoms with van der Waals surface area (Å²) < 4.78 is 19.0. The quantitative estimate of drug-likeness (QED) is 0.701. The molecule has 0 unspecified atom stereocenters. The van der Waals surface area contributed by atoms with Crippen LogP contribution in [0.3, 0.4) is 0 Å². The van der Waals surface area contributed by atoms with E-state index in [1.807, 2.05) is 0 Å². The van der Waals surface area contributed by atoms with Crippen molar-refractivity contribution < 1.29 is 14.2 Å². The fraction of sp³-hybridized carbons (Fsp3) is 0.0556. The number of nitrogens with one attached hydrogen (secondary N) is 1. The van der Waals surface area contributed by atoms with E-state index in [1.54, 1.807) is 18.2 Å². The average Bonchev–Trinajstić information content (AvgIpc) is 2.63. The number of ether oxygens (including phenoxy) is 1. The Hall–Kier alpha value is -3.68. The monoisotopic (exact) mass is 355 g/mol. The van der Waals surface area contributed by atoms with Gasteiger partial charge in [-0.2, -0.15) is 0 Å². The Bertz CT molecular complexity index is 1080. The molecule has 0 saturated heterocycles. The number of aromatic hydroxyl groups is 1. The van der Waals surface area contributed by atoms with Crippen LogP contribution in [0.25, 0.3) is 5.69 Å². The van der Waals surface area contributed by atoms with Crippen molar-refractivity contribution in [1.29, 1.82) is 0 Å². The van der Waals surface area contributed by atoms with Gasteiger partial charge in [0, 0.05) is 12.3 Å². The van der Waals surface area contributed by atoms with Gasteiger partial charge in [-0.1, -0.05) is 6.07 Å². The van der Waals surface area contributed by atoms with Crippen LogP contribution in [-0.4, -0.2) is 28.0 Å². The van der Waals surface area contributed by atoms with Gasteiger partial charge < -0.3 is 9.84 Å². The van der Waals surface area contributed by atoms with Crippen molar-refractivity contribution in [2.45, 2.75) is 0 Å². The van der Waals surface area contributed by atoms with Gasteiger partial charge in [-0.3, -0.25) is 14.8 Å². The summed E-state index contributed by atoms with van der Waals surface area (Å²) in [6.45, 7) is 0. The average molecular weight is 355 g/mol. The van der Waals surface area contributed by atoms with Crippen LogP contribution >= 0.6 is 0 Å². The highest BCUT2D eigenvalue weighted by Gasteiger charge is 2.14. The van der Waals surface area contributed by atoms with Crippen LogP contribution < -0.4 is 16.0 Å². The zero-order chi connectivity index (χ0) is 18.7. The van der Waals surface area contributed by atoms with Crippen LogP contribution in [0.15, 0.2) is 63.1 Å². The Morgan fingerprint density at radius 3 is 2.62 bits per heavy atom. The van der Waals surface area contributed by atoms with Crippen LogP contribution in [0.4, 0.5) is 10.1 Å². The van der Waals surface area contributed by atoms with Crippen molar-refractivity contribution in [3.05, 3.63) is 80.7 Å². The summed E-state index contributed by atoms with van der Waals surface area (Å²) in [6, 6.07) is 11.7. The van der Waals surface area contributed by atoms with E-state index >= 15 is 0 Å². The maximum absolute atomic E-state index is 12.9. The number of benzene rings is 2. The van der Waals surface area contributed by atoms with Crippen molar-refractivity contribution in [3.63, 3.8) is 0 Å². The molecule has 0 aliphatic heterocycles. The molecule has 0 radical (unpaired) electrons. The summed E-state index contributed by atoms with van der Waals surface area (Å²) in [5, 5.41) is 10.4. The van der Waals surface area contributed by atoms with E-state index in [4.69, 9.17) is 4.74 Å². The lowest BCUT2D eigenvalue weighted by Gasteiger charge is -2.10. The molecular formula is C18H14FN3O4. The Balaban J connectivity index is 2.11. The van der Waals surface area contributed by atoms with Gasteiger partial charge in [0.15, 0.2) is 0 Å². The number of aromatic amines is 1. The molecule has 8 heteroatoms. The third-order valence-corrected chi connectivity index (χ3v) is 3.60. The van der Waals surface area contributed by atoms with E-state index in [0.29, 0.717) is 17.1 Å². The first-order valence-electron chi connectivity index (χ1n) is 7.52. The highest BCUT2D eigenvalue weighted by molar-refractivity contribution is 5.84. The van der Waals surface area contributed by atoms with E-state index < -0.39 is 22.9 Å². The van der Waals surface area contributed by atoms with Crippen molar-refractivity contribution in [1.82, 2.24) is 9.55 Å². The topological polar surface area (TPSA) is 96.7 Å². The SMILES string of the molecule is COc1cccc(-n2c(O)c(C=Nc3ccc(F)cc3)c(=O)[nH]c2=O)c1. The second-order valence-corrected chi connectivity index (χ2v) is 5.27. The molecule has 0 spiro atoms. The molecule has 1 aromatic heterocycles. The molecule has 0 amide bonds. The predicted molar refractivity (Wildman–Crippen MR) is 94.5 cm³/mol. The Labute approximate surface area is 146 Å². The van der Waals surface area contributed by atoms with Gasteiger partial charge in [-0.25, -0.2) is 13.8 Å². The Kier molecular flexibility index (Phi) is 4.66. The second-order valence-electron chi connectivity index (χ2n) is 5.27. The summed E-state index contributed by atoms with van der Waals surface area (Å²) >= 11 is 0. The van der Waals surface area contributed by atoms with E-state index in [0.717, 1.165) is 10.8 Å². The van der Waals surface area contributed by atoms with E-state index in [9.17, 15) is 19.1 Å². The maximum Gasteiger partial charge on any atom is 0.335 e. The van der Waals surface area contributed by atoms with Gasteiger partial charge >= 0.3 is 5.69 Å². The van der Waals surface area contributed by atoms with Gasteiger partial charge in [-0.15, -0.1) is 0 Å². The van der Waals surface area contributed by atoms with E-state index in [-0.39, 0.29) is 5.56 Å². The van der Waals surface area contributed by atoms with Gasteiger partial charge in [0.25, 0.3) is 5.56 Å². The molecule has 0 aliphatic rings. The van der Waals surface area contributed by atoms with Crippen LogP contribution in [-0.2, 0) is 0 Å². The fourth-order valence-corrected chi connectivity index (χ4v) is 2.31. The maximum atomic E-state index is 12.9. The number of rotatable bonds is 4. The van der Waals surface area contributed by atoms with E-state index in [2.05, 4.69) is 9.98 Å². The van der Waals surface area contributed by atoms with Crippen molar-refractivity contribution in [2.24, 2.45) is 4.99 Å². The molecule has 0 aliphatic carbocycles. The zero-order valence-corrected chi connectivity index (χ0v) is 13.6. The first kappa shape index (κ1) is 17.2. The zero-order valence-electron chi connectivity index (χ0n) is 13.6. The third-order valence-electron chi connectivity index (χ3n) is 3.60. The minimum atomic E-state index is -0.806. The summed E-state index contributed by atoms with van der Waals surface area (Å²) in [6.07, 6.45) is 1.11. The highest BCUT2D eigenvalue weighted by atomic mass is 19.1. The van der Waals surface area contributed by atoms with Crippen molar-refractivity contribution in [3.8, 4) is 17.3 Å². The van der Waals surface area contributed by atoms with Gasteiger partial charge in [0.2, 0.25) is 5.88 Å². The number of halogens is 1. The normalized spacial score (nSPS) is 11.0. The Morgan fingerprint density at radius 1 is 1.19 bits per heavy atom. The van der Waals surface area contributed by atoms with Crippen LogP contribution in [0, 0.1) is 5.82 Å². The van der Waals surface area contributed by atoms with Gasteiger partial charge in [-0.05, 0) is 36.4 Å². The number of nitrogens with zero attached hydrogens (tertiary/aromatic N) is 2. The lowest BCUT2D eigenvalue weighted by atomic mass is 10.2. The second kappa shape index (κ2) is 7.06. The number of aromatic nitrogens is 2. The molecule has 3 rings (SSSR count). The van der Waals surface area contributed by atoms with Gasteiger partial charge in [0.1, 0.15) is 17.1 Å². The first-order chi connectivity index (χ1) is 12.5. The van der Waals surface area contributed by atoms with Gasteiger partial charge in [0.05, 0.1) is 18.5 Å². The molecular weight excluding hydrogens is 341 g/mol. The highest BCUT2D eigenvalue weighted by Crippen LogP contribution is 2.20. The lowest BCUT2D eigenvalue weighted by Crippen LogP contribution is -2.31. The molecule has 0 saturated carbocycles. The molecule has 0 bridgehead atoms. The van der Waals surface area contributed by atoms with Crippen LogP contribution in [0.5, 0.6) is 11.6 Å². The van der Waals surface area contributed by atoms with Crippen LogP contribution in [0.2, 0.25) is 0 Å². The molecule has 0 atom stereocenters. The summed E-state index contributed by atoms with van der Waals surface area (Å²) in [5.74, 6) is -0.518.